The van der Waals surface area contributed by atoms with E-state index in [0.717, 1.165) is 11.3 Å². The number of esters is 1. The Kier molecular flexibility index (Phi) is 8.84. The van der Waals surface area contributed by atoms with E-state index in [0.29, 0.717) is 26.2 Å². The van der Waals surface area contributed by atoms with Gasteiger partial charge >= 0.3 is 12.1 Å². The number of halogens is 1. The highest BCUT2D eigenvalue weighted by Gasteiger charge is 2.28. The highest BCUT2D eigenvalue weighted by molar-refractivity contribution is 5.85. The average Bonchev–Trinajstić information content (AvgIpc) is 2.85. The molecule has 1 aliphatic heterocycles. The van der Waals surface area contributed by atoms with E-state index in [2.05, 4.69) is 10.2 Å². The van der Waals surface area contributed by atoms with Crippen molar-refractivity contribution in [1.29, 1.82) is 0 Å². The summed E-state index contributed by atoms with van der Waals surface area (Å²) in [6, 6.07) is 14.5. The van der Waals surface area contributed by atoms with Crippen LogP contribution in [0.3, 0.4) is 0 Å². The van der Waals surface area contributed by atoms with Gasteiger partial charge in [0.2, 0.25) is 0 Å². The van der Waals surface area contributed by atoms with Gasteiger partial charge in [-0.3, -0.25) is 4.79 Å². The lowest BCUT2D eigenvalue weighted by Crippen LogP contribution is -2.50. The number of amides is 2. The summed E-state index contributed by atoms with van der Waals surface area (Å²) in [5, 5.41) is 2.52. The average molecular weight is 472 g/mol. The number of rotatable bonds is 8. The molecular formula is C25H30FN3O5. The Morgan fingerprint density at radius 1 is 0.941 bits per heavy atom. The number of hydrogen-bond acceptors (Lipinski definition) is 6. The monoisotopic (exact) mass is 471 g/mol. The standard InChI is InChI=1S/C25H30FN3O5/c1-18(2)23(27-25(32)34-16-19-6-4-3-5-7-19)24(31)33-17-22(30)29-14-12-28(13-15-29)21-10-8-20(26)9-11-21/h3-11,18,23H,12-17H2,1-2H3,(H,27,32)/t23-/m1/s1. The van der Waals surface area contributed by atoms with Crippen LogP contribution in [0.15, 0.2) is 54.6 Å². The molecule has 2 amide bonds. The molecule has 1 atom stereocenters. The third-order valence-corrected chi connectivity index (χ3v) is 5.57. The van der Waals surface area contributed by atoms with Crippen LogP contribution in [-0.4, -0.2) is 61.7 Å². The van der Waals surface area contributed by atoms with Crippen LogP contribution in [-0.2, 0) is 25.7 Å². The molecule has 8 nitrogen and oxygen atoms in total. The molecular weight excluding hydrogens is 441 g/mol. The Morgan fingerprint density at radius 2 is 1.59 bits per heavy atom. The largest absolute Gasteiger partial charge is 0.454 e. The minimum Gasteiger partial charge on any atom is -0.454 e. The summed E-state index contributed by atoms with van der Waals surface area (Å²) in [6.45, 7) is 5.31. The van der Waals surface area contributed by atoms with Crippen LogP contribution in [0, 0.1) is 11.7 Å². The van der Waals surface area contributed by atoms with E-state index in [1.165, 1.54) is 12.1 Å². The SMILES string of the molecule is CC(C)[C@@H](NC(=O)OCc1ccccc1)C(=O)OCC(=O)N1CCN(c2ccc(F)cc2)CC1. The zero-order chi connectivity index (χ0) is 24.5. The van der Waals surface area contributed by atoms with Gasteiger partial charge in [-0.1, -0.05) is 44.2 Å². The molecule has 0 saturated carbocycles. The molecule has 1 aliphatic rings. The van der Waals surface area contributed by atoms with E-state index in [1.54, 1.807) is 30.9 Å². The number of nitrogens with zero attached hydrogens (tertiary/aromatic N) is 2. The number of alkyl carbamates (subject to hydrolysis) is 1. The number of carbonyl (C=O) groups excluding carboxylic acids is 3. The van der Waals surface area contributed by atoms with Crippen molar-refractivity contribution >= 4 is 23.7 Å². The molecule has 2 aromatic carbocycles. The van der Waals surface area contributed by atoms with Crippen LogP contribution in [0.25, 0.3) is 0 Å². The normalized spacial score (nSPS) is 14.5. The Morgan fingerprint density at radius 3 is 2.21 bits per heavy atom. The number of carbonyl (C=O) groups is 3. The van der Waals surface area contributed by atoms with Crippen molar-refractivity contribution in [3.8, 4) is 0 Å². The van der Waals surface area contributed by atoms with Crippen LogP contribution in [0.1, 0.15) is 19.4 Å². The van der Waals surface area contributed by atoms with Gasteiger partial charge < -0.3 is 24.6 Å². The molecule has 182 valence electrons. The lowest BCUT2D eigenvalue weighted by molar-refractivity contribution is -0.154. The van der Waals surface area contributed by atoms with Gasteiger partial charge in [-0.05, 0) is 35.7 Å². The maximum atomic E-state index is 13.1. The molecule has 34 heavy (non-hydrogen) atoms. The molecule has 0 spiro atoms. The number of ether oxygens (including phenoxy) is 2. The molecule has 2 aromatic rings. The van der Waals surface area contributed by atoms with Crippen molar-refractivity contribution in [3.63, 3.8) is 0 Å². The molecule has 0 unspecified atom stereocenters. The van der Waals surface area contributed by atoms with Gasteiger partial charge in [0, 0.05) is 31.9 Å². The summed E-state index contributed by atoms with van der Waals surface area (Å²) in [5.41, 5.74) is 1.72. The van der Waals surface area contributed by atoms with Gasteiger partial charge in [-0.15, -0.1) is 0 Å². The number of benzene rings is 2. The first-order chi connectivity index (χ1) is 16.3. The Labute approximate surface area is 198 Å². The van der Waals surface area contributed by atoms with Crippen LogP contribution < -0.4 is 10.2 Å². The fourth-order valence-corrected chi connectivity index (χ4v) is 3.57. The summed E-state index contributed by atoms with van der Waals surface area (Å²) < 4.78 is 23.5. The summed E-state index contributed by atoms with van der Waals surface area (Å²) in [6.07, 6.45) is -0.734. The molecule has 1 saturated heterocycles. The van der Waals surface area contributed by atoms with E-state index < -0.39 is 24.7 Å². The highest BCUT2D eigenvalue weighted by atomic mass is 19.1. The topological polar surface area (TPSA) is 88.2 Å². The smallest absolute Gasteiger partial charge is 0.408 e. The fraction of sp³-hybridized carbons (Fsp3) is 0.400. The third kappa shape index (κ3) is 7.19. The van der Waals surface area contributed by atoms with E-state index >= 15 is 0 Å². The molecule has 3 rings (SSSR count). The minimum atomic E-state index is -0.939. The second kappa shape index (κ2) is 12.0. The predicted octanol–water partition coefficient (Wildman–Crippen LogP) is 2.97. The Bertz CT molecular complexity index is 960. The first kappa shape index (κ1) is 25.0. The fourth-order valence-electron chi connectivity index (χ4n) is 3.57. The second-order valence-corrected chi connectivity index (χ2v) is 8.38. The Balaban J connectivity index is 1.42. The molecule has 0 aliphatic carbocycles. The maximum absolute atomic E-state index is 13.1. The lowest BCUT2D eigenvalue weighted by Gasteiger charge is -2.36. The van der Waals surface area contributed by atoms with Crippen molar-refractivity contribution in [1.82, 2.24) is 10.2 Å². The van der Waals surface area contributed by atoms with Gasteiger partial charge in [0.15, 0.2) is 6.61 Å². The van der Waals surface area contributed by atoms with Crippen LogP contribution in [0.5, 0.6) is 0 Å². The zero-order valence-corrected chi connectivity index (χ0v) is 19.4. The van der Waals surface area contributed by atoms with Crippen molar-refractivity contribution < 1.29 is 28.2 Å². The van der Waals surface area contributed by atoms with Crippen LogP contribution in [0.4, 0.5) is 14.9 Å². The number of anilines is 1. The van der Waals surface area contributed by atoms with Crippen LogP contribution in [0.2, 0.25) is 0 Å². The maximum Gasteiger partial charge on any atom is 0.408 e. The lowest BCUT2D eigenvalue weighted by atomic mass is 10.1. The predicted molar refractivity (Wildman–Crippen MR) is 125 cm³/mol. The van der Waals surface area contributed by atoms with Crippen LogP contribution >= 0.6 is 0 Å². The molecule has 0 bridgehead atoms. The number of hydrogen-bond donors (Lipinski definition) is 1. The van der Waals surface area contributed by atoms with E-state index in [-0.39, 0.29) is 24.2 Å². The third-order valence-electron chi connectivity index (χ3n) is 5.57. The molecule has 1 N–H and O–H groups in total. The van der Waals surface area contributed by atoms with Crippen molar-refractivity contribution in [2.24, 2.45) is 5.92 Å². The molecule has 0 aromatic heterocycles. The zero-order valence-electron chi connectivity index (χ0n) is 19.4. The molecule has 9 heteroatoms. The van der Waals surface area contributed by atoms with Crippen molar-refractivity contribution in [2.75, 3.05) is 37.7 Å². The quantitative estimate of drug-likeness (QED) is 0.596. The summed E-state index contributed by atoms with van der Waals surface area (Å²) in [4.78, 5) is 40.9. The van der Waals surface area contributed by atoms with Gasteiger partial charge in [0.05, 0.1) is 0 Å². The van der Waals surface area contributed by atoms with Gasteiger partial charge in [-0.2, -0.15) is 0 Å². The second-order valence-electron chi connectivity index (χ2n) is 8.38. The van der Waals surface area contributed by atoms with E-state index in [4.69, 9.17) is 9.47 Å². The summed E-state index contributed by atoms with van der Waals surface area (Å²) in [7, 11) is 0. The van der Waals surface area contributed by atoms with E-state index in [1.807, 2.05) is 30.3 Å². The van der Waals surface area contributed by atoms with Crippen molar-refractivity contribution in [2.45, 2.75) is 26.5 Å². The van der Waals surface area contributed by atoms with Gasteiger partial charge in [0.25, 0.3) is 5.91 Å². The van der Waals surface area contributed by atoms with Gasteiger partial charge in [0.1, 0.15) is 18.5 Å². The van der Waals surface area contributed by atoms with Gasteiger partial charge in [-0.25, -0.2) is 14.0 Å². The first-order valence-electron chi connectivity index (χ1n) is 11.3. The molecule has 1 heterocycles. The highest BCUT2D eigenvalue weighted by Crippen LogP contribution is 2.17. The molecule has 1 fully saturated rings. The number of nitrogens with one attached hydrogen (secondary N) is 1. The van der Waals surface area contributed by atoms with E-state index in [9.17, 15) is 18.8 Å². The summed E-state index contributed by atoms with van der Waals surface area (Å²) >= 11 is 0. The first-order valence-corrected chi connectivity index (χ1v) is 11.3. The summed E-state index contributed by atoms with van der Waals surface area (Å²) in [5.74, 6) is -1.55. The Hall–Kier alpha value is -3.62. The van der Waals surface area contributed by atoms with Crippen molar-refractivity contribution in [3.05, 3.63) is 66.0 Å². The minimum absolute atomic E-state index is 0.0783. The molecule has 0 radical (unpaired) electrons. The number of piperazine rings is 1.